The quantitative estimate of drug-likeness (QED) is 0.550. The molecule has 0 aromatic heterocycles. The van der Waals surface area contributed by atoms with Crippen LogP contribution < -0.4 is 4.74 Å². The predicted molar refractivity (Wildman–Crippen MR) is 85.8 cm³/mol. The largest absolute Gasteiger partial charge is 0.478 e. The van der Waals surface area contributed by atoms with Crippen LogP contribution >= 0.6 is 23.2 Å². The number of alkyl halides is 4. The average molecular weight is 383 g/mol. The highest BCUT2D eigenvalue weighted by Crippen LogP contribution is 2.40. The van der Waals surface area contributed by atoms with Gasteiger partial charge in [0.1, 0.15) is 5.75 Å². The highest BCUT2D eigenvalue weighted by molar-refractivity contribution is 6.30. The Bertz CT molecular complexity index is 657. The molecule has 1 aliphatic heterocycles. The van der Waals surface area contributed by atoms with Crippen LogP contribution in [0.25, 0.3) is 6.08 Å². The number of hydrogen-bond donors (Lipinski definition) is 1. The summed E-state index contributed by atoms with van der Waals surface area (Å²) < 4.78 is 44.5. The second-order valence-electron chi connectivity index (χ2n) is 5.43. The number of carboxylic acids is 1. The smallest absolute Gasteiger partial charge is 0.430 e. The summed E-state index contributed by atoms with van der Waals surface area (Å²) in [5.41, 5.74) is -0.0832. The van der Waals surface area contributed by atoms with Gasteiger partial charge in [-0.25, -0.2) is 4.79 Å². The fourth-order valence-electron chi connectivity index (χ4n) is 2.54. The van der Waals surface area contributed by atoms with E-state index in [0.717, 1.165) is 25.3 Å². The number of aliphatic carboxylic acids is 1. The van der Waals surface area contributed by atoms with Crippen LogP contribution in [-0.2, 0) is 11.2 Å². The van der Waals surface area contributed by atoms with Gasteiger partial charge in [0.25, 0.3) is 0 Å². The summed E-state index contributed by atoms with van der Waals surface area (Å²) in [7, 11) is 0. The zero-order valence-electron chi connectivity index (χ0n) is 12.5. The number of ether oxygens (including phenoxy) is 1. The van der Waals surface area contributed by atoms with Crippen LogP contribution in [0.2, 0.25) is 5.02 Å². The normalized spacial score (nSPS) is 17.0. The average Bonchev–Trinajstić information content (AvgIpc) is 2.49. The maximum atomic E-state index is 13.1. The van der Waals surface area contributed by atoms with E-state index in [1.54, 1.807) is 6.07 Å². The second-order valence-corrected chi connectivity index (χ2v) is 6.24. The molecule has 0 bridgehead atoms. The molecular weight excluding hydrogens is 368 g/mol. The molecule has 2 rings (SSSR count). The summed E-state index contributed by atoms with van der Waals surface area (Å²) in [6.45, 7) is 0. The Kier molecular flexibility index (Phi) is 6.04. The van der Waals surface area contributed by atoms with Gasteiger partial charge in [-0.05, 0) is 43.0 Å². The van der Waals surface area contributed by atoms with E-state index in [1.807, 2.05) is 0 Å². The van der Waals surface area contributed by atoms with Crippen LogP contribution in [0, 0.1) is 0 Å². The van der Waals surface area contributed by atoms with E-state index >= 15 is 0 Å². The van der Waals surface area contributed by atoms with Gasteiger partial charge in [-0.15, -0.1) is 11.6 Å². The molecule has 0 spiro atoms. The van der Waals surface area contributed by atoms with E-state index < -0.39 is 23.8 Å². The highest BCUT2D eigenvalue weighted by Gasteiger charge is 2.48. The summed E-state index contributed by atoms with van der Waals surface area (Å²) >= 11 is 11.6. The third kappa shape index (κ3) is 4.36. The number of rotatable bonds is 6. The Labute approximate surface area is 147 Å². The van der Waals surface area contributed by atoms with Gasteiger partial charge in [-0.3, -0.25) is 0 Å². The first kappa shape index (κ1) is 18.9. The van der Waals surface area contributed by atoms with Crippen LogP contribution in [0.3, 0.4) is 0 Å². The summed E-state index contributed by atoms with van der Waals surface area (Å²) in [5, 5.41) is 9.36. The van der Waals surface area contributed by atoms with Gasteiger partial charge >= 0.3 is 12.1 Å². The van der Waals surface area contributed by atoms with Crippen LogP contribution in [0.5, 0.6) is 5.75 Å². The number of halogens is 5. The van der Waals surface area contributed by atoms with Crippen LogP contribution in [0.15, 0.2) is 17.7 Å². The van der Waals surface area contributed by atoms with Crippen molar-refractivity contribution in [2.45, 2.75) is 38.0 Å². The first-order valence-corrected chi connectivity index (χ1v) is 8.22. The third-order valence-corrected chi connectivity index (χ3v) is 4.10. The van der Waals surface area contributed by atoms with Gasteiger partial charge in [0.05, 0.1) is 5.57 Å². The lowest BCUT2D eigenvalue weighted by Gasteiger charge is -2.28. The Morgan fingerprint density at radius 1 is 1.25 bits per heavy atom. The SMILES string of the molecule is O=C(O)C1=Cc2cc(Cl)cc(CCCCCCl)c2OC1C(F)(F)F. The summed E-state index contributed by atoms with van der Waals surface area (Å²) in [6.07, 6.45) is -3.52. The first-order chi connectivity index (χ1) is 11.2. The maximum absolute atomic E-state index is 13.1. The van der Waals surface area contributed by atoms with Crippen LogP contribution in [0.1, 0.15) is 30.4 Å². The van der Waals surface area contributed by atoms with Crippen molar-refractivity contribution in [3.05, 3.63) is 33.9 Å². The van der Waals surface area contributed by atoms with Crippen LogP contribution in [0.4, 0.5) is 13.2 Å². The van der Waals surface area contributed by atoms with E-state index in [4.69, 9.17) is 33.0 Å². The van der Waals surface area contributed by atoms with Crippen molar-refractivity contribution in [1.82, 2.24) is 0 Å². The molecule has 1 aliphatic rings. The van der Waals surface area contributed by atoms with E-state index in [9.17, 15) is 18.0 Å². The van der Waals surface area contributed by atoms with Crippen molar-refractivity contribution in [2.24, 2.45) is 0 Å². The first-order valence-electron chi connectivity index (χ1n) is 7.30. The molecule has 1 unspecified atom stereocenters. The van der Waals surface area contributed by atoms with Crippen molar-refractivity contribution in [1.29, 1.82) is 0 Å². The molecule has 0 aliphatic carbocycles. The molecule has 1 atom stereocenters. The topological polar surface area (TPSA) is 46.5 Å². The monoisotopic (exact) mass is 382 g/mol. The minimum atomic E-state index is -4.82. The molecule has 0 radical (unpaired) electrons. The van der Waals surface area contributed by atoms with Crippen molar-refractivity contribution in [3.63, 3.8) is 0 Å². The molecule has 0 saturated carbocycles. The van der Waals surface area contributed by atoms with Gasteiger partial charge in [-0.1, -0.05) is 18.0 Å². The number of carboxylic acid groups (broad SMARTS) is 1. The lowest BCUT2D eigenvalue weighted by Crippen LogP contribution is -2.40. The fourth-order valence-corrected chi connectivity index (χ4v) is 2.98. The highest BCUT2D eigenvalue weighted by atomic mass is 35.5. The molecule has 24 heavy (non-hydrogen) atoms. The van der Waals surface area contributed by atoms with Crippen molar-refractivity contribution >= 4 is 35.2 Å². The number of unbranched alkanes of at least 4 members (excludes halogenated alkanes) is 2. The van der Waals surface area contributed by atoms with Crippen molar-refractivity contribution < 1.29 is 27.8 Å². The number of benzene rings is 1. The number of aryl methyl sites for hydroxylation is 1. The molecule has 1 aromatic rings. The van der Waals surface area contributed by atoms with Gasteiger partial charge in [0.15, 0.2) is 0 Å². The van der Waals surface area contributed by atoms with Gasteiger partial charge in [-0.2, -0.15) is 13.2 Å². The third-order valence-electron chi connectivity index (χ3n) is 3.61. The molecule has 8 heteroatoms. The Morgan fingerprint density at radius 3 is 2.54 bits per heavy atom. The summed E-state index contributed by atoms with van der Waals surface area (Å²) in [6, 6.07) is 2.95. The molecule has 0 amide bonds. The summed E-state index contributed by atoms with van der Waals surface area (Å²) in [4.78, 5) is 11.1. The Morgan fingerprint density at radius 2 is 1.96 bits per heavy atom. The molecule has 0 saturated heterocycles. The number of hydrogen-bond acceptors (Lipinski definition) is 2. The zero-order valence-corrected chi connectivity index (χ0v) is 14.0. The minimum absolute atomic E-state index is 0.0394. The van der Waals surface area contributed by atoms with E-state index in [1.165, 1.54) is 6.07 Å². The van der Waals surface area contributed by atoms with E-state index in [2.05, 4.69) is 0 Å². The Hall–Kier alpha value is -1.40. The maximum Gasteiger partial charge on any atom is 0.430 e. The second kappa shape index (κ2) is 7.66. The van der Waals surface area contributed by atoms with Gasteiger partial charge in [0, 0.05) is 16.5 Å². The standard InChI is InChI=1S/C16H15Cl2F3O3/c17-5-3-1-2-4-9-6-11(18)7-10-8-12(15(22)23)14(16(19,20)21)24-13(9)10/h6-8,14H,1-5H2,(H,22,23). The molecule has 0 fully saturated rings. The van der Waals surface area contributed by atoms with Gasteiger partial charge < -0.3 is 9.84 Å². The van der Waals surface area contributed by atoms with Crippen LogP contribution in [-0.4, -0.2) is 29.2 Å². The van der Waals surface area contributed by atoms with E-state index in [-0.39, 0.29) is 11.3 Å². The summed E-state index contributed by atoms with van der Waals surface area (Å²) in [5.74, 6) is -1.12. The lowest BCUT2D eigenvalue weighted by molar-refractivity contribution is -0.187. The molecular formula is C16H15Cl2F3O3. The predicted octanol–water partition coefficient (Wildman–Crippen LogP) is 5.08. The molecule has 3 nitrogen and oxygen atoms in total. The lowest BCUT2D eigenvalue weighted by atomic mass is 9.96. The van der Waals surface area contributed by atoms with Gasteiger partial charge in [0.2, 0.25) is 6.10 Å². The minimum Gasteiger partial charge on any atom is -0.478 e. The number of carbonyl (C=O) groups is 1. The molecule has 1 heterocycles. The Balaban J connectivity index is 2.39. The van der Waals surface area contributed by atoms with Crippen molar-refractivity contribution in [2.75, 3.05) is 5.88 Å². The van der Waals surface area contributed by atoms with E-state index in [0.29, 0.717) is 22.9 Å². The molecule has 1 N–H and O–H groups in total. The zero-order chi connectivity index (χ0) is 17.9. The fraction of sp³-hybridized carbons (Fsp3) is 0.438. The molecule has 1 aromatic carbocycles. The number of fused-ring (bicyclic) bond motifs is 1. The molecule has 132 valence electrons. The van der Waals surface area contributed by atoms with Crippen molar-refractivity contribution in [3.8, 4) is 5.75 Å².